The molecule has 0 amide bonds. The third-order valence-corrected chi connectivity index (χ3v) is 3.05. The summed E-state index contributed by atoms with van der Waals surface area (Å²) in [6, 6.07) is 2.70. The average Bonchev–Trinajstić information content (AvgIpc) is 2.89. The van der Waals surface area contributed by atoms with Gasteiger partial charge in [-0.25, -0.2) is 9.97 Å². The number of hydrogen-bond donors (Lipinski definition) is 1. The molecule has 0 aliphatic rings. The topological polar surface area (TPSA) is 37.8 Å². The largest absolute Gasteiger partial charge is 0.433 e. The highest BCUT2D eigenvalue weighted by Crippen LogP contribution is 2.31. The van der Waals surface area contributed by atoms with Crippen LogP contribution in [0.5, 0.6) is 0 Å². The zero-order valence-corrected chi connectivity index (χ0v) is 11.0. The maximum Gasteiger partial charge on any atom is 0.433 e. The van der Waals surface area contributed by atoms with Crippen LogP contribution in [0.4, 0.5) is 19.1 Å². The molecule has 1 N–H and O–H groups in total. The Bertz CT molecular complexity index is 538. The molecule has 0 bridgehead atoms. The Morgan fingerprint density at radius 1 is 1.32 bits per heavy atom. The highest BCUT2D eigenvalue weighted by molar-refractivity contribution is 7.08. The Balaban J connectivity index is 2.43. The fourth-order valence-electron chi connectivity index (χ4n) is 1.47. The van der Waals surface area contributed by atoms with E-state index in [1.165, 1.54) is 11.3 Å². The standard InChI is InChI=1S/C12H12F3N3S/c1-2-4-16-11-17-9(8-3-5-19-7-8)6-10(18-11)12(13,14)15/h3,5-7H,2,4H2,1H3,(H,16,17,18). The molecule has 0 unspecified atom stereocenters. The number of nitrogens with one attached hydrogen (secondary N) is 1. The fraction of sp³-hybridized carbons (Fsp3) is 0.333. The molecule has 19 heavy (non-hydrogen) atoms. The molecule has 0 aliphatic heterocycles. The van der Waals surface area contributed by atoms with Crippen LogP contribution in [-0.2, 0) is 6.18 Å². The number of halogens is 3. The second-order valence-corrected chi connectivity index (χ2v) is 4.68. The number of aromatic nitrogens is 2. The van der Waals surface area contributed by atoms with Crippen molar-refractivity contribution in [2.45, 2.75) is 19.5 Å². The van der Waals surface area contributed by atoms with E-state index < -0.39 is 11.9 Å². The van der Waals surface area contributed by atoms with Gasteiger partial charge in [0.05, 0.1) is 5.69 Å². The van der Waals surface area contributed by atoms with Crippen molar-refractivity contribution < 1.29 is 13.2 Å². The average molecular weight is 287 g/mol. The highest BCUT2D eigenvalue weighted by Gasteiger charge is 2.33. The number of anilines is 1. The van der Waals surface area contributed by atoms with Crippen LogP contribution < -0.4 is 5.32 Å². The van der Waals surface area contributed by atoms with Gasteiger partial charge < -0.3 is 5.32 Å². The first-order chi connectivity index (χ1) is 9.00. The predicted octanol–water partition coefficient (Wildman–Crippen LogP) is 4.05. The molecule has 7 heteroatoms. The van der Waals surface area contributed by atoms with E-state index in [1.54, 1.807) is 16.8 Å². The summed E-state index contributed by atoms with van der Waals surface area (Å²) in [5.41, 5.74) is 0.0157. The summed E-state index contributed by atoms with van der Waals surface area (Å²) < 4.78 is 38.4. The number of hydrogen-bond acceptors (Lipinski definition) is 4. The van der Waals surface area contributed by atoms with E-state index in [-0.39, 0.29) is 11.6 Å². The van der Waals surface area contributed by atoms with Gasteiger partial charge in [-0.3, -0.25) is 0 Å². The SMILES string of the molecule is CCCNc1nc(-c2ccsc2)cc(C(F)(F)F)n1. The van der Waals surface area contributed by atoms with Crippen LogP contribution in [0.2, 0.25) is 0 Å². The molecule has 0 radical (unpaired) electrons. The molecule has 0 spiro atoms. The molecule has 3 nitrogen and oxygen atoms in total. The van der Waals surface area contributed by atoms with Gasteiger partial charge in [-0.05, 0) is 23.9 Å². The van der Waals surface area contributed by atoms with Gasteiger partial charge in [0.1, 0.15) is 0 Å². The molecular weight excluding hydrogens is 275 g/mol. The molecule has 2 heterocycles. The number of thiophene rings is 1. The molecule has 102 valence electrons. The van der Waals surface area contributed by atoms with E-state index in [9.17, 15) is 13.2 Å². The molecule has 0 aromatic carbocycles. The summed E-state index contributed by atoms with van der Waals surface area (Å²) in [5.74, 6) is 0.0119. The second kappa shape index (κ2) is 5.56. The Labute approximate surface area is 112 Å². The number of rotatable bonds is 4. The first-order valence-corrected chi connectivity index (χ1v) is 6.67. The molecule has 0 saturated heterocycles. The lowest BCUT2D eigenvalue weighted by Gasteiger charge is -2.10. The molecule has 0 saturated carbocycles. The van der Waals surface area contributed by atoms with E-state index in [2.05, 4.69) is 15.3 Å². The maximum atomic E-state index is 12.8. The lowest BCUT2D eigenvalue weighted by Crippen LogP contribution is -2.13. The summed E-state index contributed by atoms with van der Waals surface area (Å²) in [4.78, 5) is 7.62. The minimum Gasteiger partial charge on any atom is -0.354 e. The normalized spacial score (nSPS) is 11.6. The van der Waals surface area contributed by atoms with Crippen molar-refractivity contribution >= 4 is 17.3 Å². The Kier molecular flexibility index (Phi) is 4.04. The Morgan fingerprint density at radius 2 is 2.11 bits per heavy atom. The zero-order valence-electron chi connectivity index (χ0n) is 10.2. The van der Waals surface area contributed by atoms with Gasteiger partial charge >= 0.3 is 6.18 Å². The monoisotopic (exact) mass is 287 g/mol. The van der Waals surface area contributed by atoms with Crippen LogP contribution in [0.1, 0.15) is 19.0 Å². The van der Waals surface area contributed by atoms with Gasteiger partial charge in [0, 0.05) is 17.5 Å². The van der Waals surface area contributed by atoms with Crippen molar-refractivity contribution in [1.82, 2.24) is 9.97 Å². The molecule has 0 atom stereocenters. The maximum absolute atomic E-state index is 12.8. The van der Waals surface area contributed by atoms with Crippen molar-refractivity contribution in [2.75, 3.05) is 11.9 Å². The van der Waals surface area contributed by atoms with Crippen LogP contribution in [0, 0.1) is 0 Å². The first-order valence-electron chi connectivity index (χ1n) is 5.73. The summed E-state index contributed by atoms with van der Waals surface area (Å²) >= 11 is 1.41. The van der Waals surface area contributed by atoms with Crippen LogP contribution in [0.15, 0.2) is 22.9 Å². The Hall–Kier alpha value is -1.63. The lowest BCUT2D eigenvalue weighted by atomic mass is 10.2. The highest BCUT2D eigenvalue weighted by atomic mass is 32.1. The lowest BCUT2D eigenvalue weighted by molar-refractivity contribution is -0.141. The molecule has 2 rings (SSSR count). The van der Waals surface area contributed by atoms with E-state index in [0.29, 0.717) is 12.1 Å². The van der Waals surface area contributed by atoms with Crippen LogP contribution in [0.25, 0.3) is 11.3 Å². The van der Waals surface area contributed by atoms with Crippen LogP contribution in [-0.4, -0.2) is 16.5 Å². The Morgan fingerprint density at radius 3 is 2.68 bits per heavy atom. The van der Waals surface area contributed by atoms with Gasteiger partial charge in [0.25, 0.3) is 0 Å². The van der Waals surface area contributed by atoms with Crippen LogP contribution >= 0.6 is 11.3 Å². The van der Waals surface area contributed by atoms with E-state index in [0.717, 1.165) is 12.5 Å². The third kappa shape index (κ3) is 3.44. The van der Waals surface area contributed by atoms with Crippen molar-refractivity contribution in [3.8, 4) is 11.3 Å². The van der Waals surface area contributed by atoms with Crippen molar-refractivity contribution in [2.24, 2.45) is 0 Å². The summed E-state index contributed by atoms with van der Waals surface area (Å²) in [6.07, 6.45) is -3.69. The van der Waals surface area contributed by atoms with E-state index in [4.69, 9.17) is 0 Å². The number of nitrogens with zero attached hydrogens (tertiary/aromatic N) is 2. The van der Waals surface area contributed by atoms with E-state index in [1.807, 2.05) is 6.92 Å². The molecule has 2 aromatic heterocycles. The molecule has 2 aromatic rings. The fourth-order valence-corrected chi connectivity index (χ4v) is 2.12. The summed E-state index contributed by atoms with van der Waals surface area (Å²) in [5, 5.41) is 6.34. The molecule has 0 aliphatic carbocycles. The van der Waals surface area contributed by atoms with Gasteiger partial charge in [-0.15, -0.1) is 0 Å². The minimum absolute atomic E-state index is 0.0119. The molecular formula is C12H12F3N3S. The molecule has 0 fully saturated rings. The van der Waals surface area contributed by atoms with Crippen molar-refractivity contribution in [3.05, 3.63) is 28.6 Å². The minimum atomic E-state index is -4.48. The number of alkyl halides is 3. The zero-order chi connectivity index (χ0) is 13.9. The van der Waals surface area contributed by atoms with Crippen molar-refractivity contribution in [3.63, 3.8) is 0 Å². The summed E-state index contributed by atoms with van der Waals surface area (Å²) in [7, 11) is 0. The van der Waals surface area contributed by atoms with Gasteiger partial charge in [0.15, 0.2) is 5.69 Å². The van der Waals surface area contributed by atoms with Gasteiger partial charge in [-0.1, -0.05) is 6.92 Å². The first kappa shape index (κ1) is 13.8. The predicted molar refractivity (Wildman–Crippen MR) is 69.1 cm³/mol. The smallest absolute Gasteiger partial charge is 0.354 e. The second-order valence-electron chi connectivity index (χ2n) is 3.90. The quantitative estimate of drug-likeness (QED) is 0.922. The summed E-state index contributed by atoms with van der Waals surface area (Å²) in [6.45, 7) is 2.45. The van der Waals surface area contributed by atoms with Crippen LogP contribution in [0.3, 0.4) is 0 Å². The van der Waals surface area contributed by atoms with E-state index >= 15 is 0 Å². The van der Waals surface area contributed by atoms with Gasteiger partial charge in [-0.2, -0.15) is 24.5 Å². The van der Waals surface area contributed by atoms with Crippen molar-refractivity contribution in [1.29, 1.82) is 0 Å². The third-order valence-electron chi connectivity index (χ3n) is 2.37. The van der Waals surface area contributed by atoms with Gasteiger partial charge in [0.2, 0.25) is 5.95 Å².